The van der Waals surface area contributed by atoms with Gasteiger partial charge in [0.25, 0.3) is 0 Å². The largest absolute Gasteiger partial charge is 0.351 e. The lowest BCUT2D eigenvalue weighted by atomic mass is 9.99. The van der Waals surface area contributed by atoms with Crippen molar-refractivity contribution in [3.8, 4) is 0 Å². The highest BCUT2D eigenvalue weighted by Crippen LogP contribution is 2.21. The van der Waals surface area contributed by atoms with Crippen LogP contribution in [0, 0.1) is 12.8 Å². The Morgan fingerprint density at radius 2 is 2.04 bits per heavy atom. The zero-order chi connectivity index (χ0) is 16.8. The number of nitrogens with zero attached hydrogens (tertiary/aromatic N) is 3. The second-order valence-corrected chi connectivity index (χ2v) is 6.46. The van der Waals surface area contributed by atoms with Crippen LogP contribution in [0.3, 0.4) is 0 Å². The van der Waals surface area contributed by atoms with Gasteiger partial charge in [-0.3, -0.25) is 9.98 Å². The number of guanidine groups is 1. The summed E-state index contributed by atoms with van der Waals surface area (Å²) in [4.78, 5) is 11.3. The Morgan fingerprint density at radius 3 is 2.76 bits per heavy atom. The fourth-order valence-electron chi connectivity index (χ4n) is 3.34. The van der Waals surface area contributed by atoms with E-state index in [0.717, 1.165) is 37.7 Å². The number of halogens is 1. The summed E-state index contributed by atoms with van der Waals surface area (Å²) < 4.78 is 0. The van der Waals surface area contributed by atoms with E-state index < -0.39 is 0 Å². The van der Waals surface area contributed by atoms with Crippen molar-refractivity contribution < 1.29 is 0 Å². The van der Waals surface area contributed by atoms with Crippen molar-refractivity contribution in [2.24, 2.45) is 10.9 Å². The first-order valence-electron chi connectivity index (χ1n) is 8.66. The molecule has 2 aromatic rings. The van der Waals surface area contributed by atoms with Gasteiger partial charge in [-0.15, -0.1) is 24.0 Å². The van der Waals surface area contributed by atoms with E-state index in [-0.39, 0.29) is 24.0 Å². The summed E-state index contributed by atoms with van der Waals surface area (Å²) in [6.07, 6.45) is 4.21. The molecule has 4 nitrogen and oxygen atoms in total. The van der Waals surface area contributed by atoms with Gasteiger partial charge in [-0.1, -0.05) is 36.4 Å². The van der Waals surface area contributed by atoms with E-state index in [9.17, 15) is 0 Å². The Morgan fingerprint density at radius 1 is 1.24 bits per heavy atom. The third-order valence-electron chi connectivity index (χ3n) is 4.70. The van der Waals surface area contributed by atoms with E-state index >= 15 is 0 Å². The monoisotopic (exact) mass is 450 g/mol. The summed E-state index contributed by atoms with van der Waals surface area (Å²) in [5, 5.41) is 3.47. The smallest absolute Gasteiger partial charge is 0.193 e. The number of rotatable bonds is 4. The summed E-state index contributed by atoms with van der Waals surface area (Å²) in [5.41, 5.74) is 3.72. The molecule has 0 spiro atoms. The van der Waals surface area contributed by atoms with Gasteiger partial charge in [0.2, 0.25) is 0 Å². The molecule has 1 N–H and O–H groups in total. The molecule has 1 aliphatic heterocycles. The van der Waals surface area contributed by atoms with Crippen LogP contribution in [0.2, 0.25) is 0 Å². The lowest BCUT2D eigenvalue weighted by Crippen LogP contribution is -2.40. The summed E-state index contributed by atoms with van der Waals surface area (Å²) >= 11 is 0. The normalized spacial score (nSPS) is 17.3. The number of benzene rings is 1. The van der Waals surface area contributed by atoms with Gasteiger partial charge in [0.05, 0.1) is 12.2 Å². The molecule has 1 unspecified atom stereocenters. The highest BCUT2D eigenvalue weighted by molar-refractivity contribution is 14.0. The molecule has 3 rings (SSSR count). The number of nitrogens with one attached hydrogen (secondary N) is 1. The molecular formula is C20H27IN4. The topological polar surface area (TPSA) is 40.5 Å². The van der Waals surface area contributed by atoms with Crippen LogP contribution < -0.4 is 5.32 Å². The molecule has 0 aliphatic carbocycles. The summed E-state index contributed by atoms with van der Waals surface area (Å²) in [6.45, 7) is 4.95. The maximum atomic E-state index is 4.46. The van der Waals surface area contributed by atoms with Gasteiger partial charge in [-0.2, -0.15) is 0 Å². The van der Waals surface area contributed by atoms with Crippen LogP contribution in [0.25, 0.3) is 0 Å². The number of aliphatic imine (C=N–C) groups is 1. The number of aromatic nitrogens is 1. The van der Waals surface area contributed by atoms with Crippen LogP contribution in [0.1, 0.15) is 23.2 Å². The van der Waals surface area contributed by atoms with Crippen LogP contribution in [0.5, 0.6) is 0 Å². The van der Waals surface area contributed by atoms with Gasteiger partial charge in [-0.25, -0.2) is 0 Å². The van der Waals surface area contributed by atoms with E-state index in [4.69, 9.17) is 0 Å². The van der Waals surface area contributed by atoms with Crippen molar-refractivity contribution in [1.29, 1.82) is 0 Å². The van der Waals surface area contributed by atoms with Crippen LogP contribution in [0.4, 0.5) is 0 Å². The predicted octanol–water partition coefficient (Wildman–Crippen LogP) is 3.65. The van der Waals surface area contributed by atoms with Gasteiger partial charge >= 0.3 is 0 Å². The number of likely N-dealkylation sites (tertiary alicyclic amines) is 1. The van der Waals surface area contributed by atoms with Gasteiger partial charge in [0.15, 0.2) is 5.96 Å². The van der Waals surface area contributed by atoms with Crippen LogP contribution in [-0.2, 0) is 13.0 Å². The predicted molar refractivity (Wildman–Crippen MR) is 114 cm³/mol. The molecule has 1 saturated heterocycles. The average molecular weight is 450 g/mol. The fraction of sp³-hybridized carbons (Fsp3) is 0.400. The molecule has 25 heavy (non-hydrogen) atoms. The van der Waals surface area contributed by atoms with Crippen molar-refractivity contribution in [2.45, 2.75) is 26.3 Å². The van der Waals surface area contributed by atoms with Gasteiger partial charge in [-0.05, 0) is 42.9 Å². The number of aryl methyl sites for hydroxylation is 1. The first-order chi connectivity index (χ1) is 11.8. The third kappa shape index (κ3) is 5.42. The van der Waals surface area contributed by atoms with Gasteiger partial charge in [0, 0.05) is 26.3 Å². The molecule has 0 radical (unpaired) electrons. The molecule has 1 fully saturated rings. The molecule has 5 heteroatoms. The second kappa shape index (κ2) is 9.75. The Labute approximate surface area is 167 Å². The Balaban J connectivity index is 0.00000225. The molecule has 2 heterocycles. The van der Waals surface area contributed by atoms with E-state index in [1.807, 2.05) is 19.3 Å². The zero-order valence-corrected chi connectivity index (χ0v) is 17.3. The SMILES string of the molecule is CN=C(NCc1ncccc1C)N1CCC(Cc2ccccc2)C1.I. The molecule has 0 bridgehead atoms. The highest BCUT2D eigenvalue weighted by atomic mass is 127. The standard InChI is InChI=1S/C20H26N4.HI/c1-16-7-6-11-22-19(16)14-23-20(21-2)24-12-10-18(15-24)13-17-8-4-3-5-9-17;/h3-9,11,18H,10,12-15H2,1-2H3,(H,21,23);1H. The number of hydrogen-bond acceptors (Lipinski definition) is 2. The quantitative estimate of drug-likeness (QED) is 0.439. The maximum absolute atomic E-state index is 4.46. The summed E-state index contributed by atoms with van der Waals surface area (Å²) in [5.74, 6) is 1.68. The lowest BCUT2D eigenvalue weighted by molar-refractivity contribution is 0.459. The van der Waals surface area contributed by atoms with Crippen molar-refractivity contribution in [3.63, 3.8) is 0 Å². The van der Waals surface area contributed by atoms with E-state index in [2.05, 4.69) is 63.5 Å². The number of pyridine rings is 1. The van der Waals surface area contributed by atoms with Crippen molar-refractivity contribution >= 4 is 29.9 Å². The van der Waals surface area contributed by atoms with Gasteiger partial charge in [0.1, 0.15) is 0 Å². The molecule has 0 saturated carbocycles. The van der Waals surface area contributed by atoms with Crippen LogP contribution >= 0.6 is 24.0 Å². The van der Waals surface area contributed by atoms with E-state index in [1.165, 1.54) is 17.5 Å². The minimum absolute atomic E-state index is 0. The molecular weight excluding hydrogens is 423 g/mol. The average Bonchev–Trinajstić information content (AvgIpc) is 3.06. The summed E-state index contributed by atoms with van der Waals surface area (Å²) in [7, 11) is 1.86. The summed E-state index contributed by atoms with van der Waals surface area (Å²) in [6, 6.07) is 14.8. The number of hydrogen-bond donors (Lipinski definition) is 1. The Kier molecular flexibility index (Phi) is 7.68. The minimum atomic E-state index is 0. The zero-order valence-electron chi connectivity index (χ0n) is 15.0. The van der Waals surface area contributed by atoms with E-state index in [1.54, 1.807) is 0 Å². The molecule has 1 aliphatic rings. The first kappa shape index (κ1) is 19.7. The van der Waals surface area contributed by atoms with Gasteiger partial charge < -0.3 is 10.2 Å². The van der Waals surface area contributed by atoms with Crippen molar-refractivity contribution in [3.05, 3.63) is 65.5 Å². The molecule has 1 atom stereocenters. The second-order valence-electron chi connectivity index (χ2n) is 6.46. The first-order valence-corrected chi connectivity index (χ1v) is 8.66. The van der Waals surface area contributed by atoms with Crippen LogP contribution in [0.15, 0.2) is 53.7 Å². The maximum Gasteiger partial charge on any atom is 0.193 e. The molecule has 134 valence electrons. The molecule has 1 aromatic carbocycles. The molecule has 0 amide bonds. The highest BCUT2D eigenvalue weighted by Gasteiger charge is 2.24. The fourth-order valence-corrected chi connectivity index (χ4v) is 3.34. The molecule has 1 aromatic heterocycles. The third-order valence-corrected chi connectivity index (χ3v) is 4.70. The van der Waals surface area contributed by atoms with Crippen LogP contribution in [-0.4, -0.2) is 36.0 Å². The Hall–Kier alpha value is -1.63. The van der Waals surface area contributed by atoms with Crippen molar-refractivity contribution in [2.75, 3.05) is 20.1 Å². The Bertz CT molecular complexity index is 687. The lowest BCUT2D eigenvalue weighted by Gasteiger charge is -2.22. The van der Waals surface area contributed by atoms with E-state index in [0.29, 0.717) is 5.92 Å². The minimum Gasteiger partial charge on any atom is -0.351 e. The van der Waals surface area contributed by atoms with Crippen molar-refractivity contribution in [1.82, 2.24) is 15.2 Å².